The van der Waals surface area contributed by atoms with Gasteiger partial charge in [0.2, 0.25) is 5.91 Å². The third kappa shape index (κ3) is 2.16. The highest BCUT2D eigenvalue weighted by atomic mass is 16.3. The maximum atomic E-state index is 13.3. The van der Waals surface area contributed by atoms with Gasteiger partial charge in [0.1, 0.15) is 16.7 Å². The van der Waals surface area contributed by atoms with Crippen molar-refractivity contribution in [1.82, 2.24) is 14.8 Å². The van der Waals surface area contributed by atoms with Gasteiger partial charge < -0.3 is 9.32 Å². The van der Waals surface area contributed by atoms with E-state index in [4.69, 9.17) is 4.42 Å². The highest BCUT2D eigenvalue weighted by Gasteiger charge is 2.61. The molecule has 27 heavy (non-hydrogen) atoms. The molecule has 0 N–H and O–H groups in total. The van der Waals surface area contributed by atoms with Gasteiger partial charge in [-0.05, 0) is 24.8 Å². The van der Waals surface area contributed by atoms with Crippen molar-refractivity contribution in [2.24, 2.45) is 24.3 Å². The molecule has 1 aliphatic heterocycles. The Balaban J connectivity index is 1.60. The molecule has 136 valence electrons. The van der Waals surface area contributed by atoms with E-state index in [0.717, 1.165) is 18.4 Å². The molecule has 0 spiro atoms. The molecule has 1 saturated heterocycles. The van der Waals surface area contributed by atoms with Gasteiger partial charge in [0.15, 0.2) is 5.58 Å². The molecule has 2 aliphatic rings. The first-order valence-electron chi connectivity index (χ1n) is 9.15. The first kappa shape index (κ1) is 16.1. The van der Waals surface area contributed by atoms with Gasteiger partial charge in [0, 0.05) is 38.0 Å². The molecule has 0 bridgehead atoms. The van der Waals surface area contributed by atoms with Crippen LogP contribution in [0.3, 0.4) is 0 Å². The maximum Gasteiger partial charge on any atom is 0.248 e. The molecule has 3 aromatic rings. The second kappa shape index (κ2) is 5.43. The van der Waals surface area contributed by atoms with E-state index in [1.165, 1.54) is 0 Å². The van der Waals surface area contributed by atoms with E-state index in [2.05, 4.69) is 16.2 Å². The molecule has 0 radical (unpaired) electrons. The van der Waals surface area contributed by atoms with E-state index < -0.39 is 5.41 Å². The van der Waals surface area contributed by atoms with Gasteiger partial charge in [-0.15, -0.1) is 0 Å². The number of pyridine rings is 1. The lowest BCUT2D eigenvalue weighted by Crippen LogP contribution is -2.37. The average Bonchev–Trinajstić information content (AvgIpc) is 3.16. The van der Waals surface area contributed by atoms with Crippen LogP contribution in [0.4, 0.5) is 5.69 Å². The van der Waals surface area contributed by atoms with E-state index in [0.29, 0.717) is 29.1 Å². The summed E-state index contributed by atoms with van der Waals surface area (Å²) in [6, 6.07) is 6.03. The normalized spacial score (nSPS) is 25.3. The molecule has 5 rings (SSSR count). The van der Waals surface area contributed by atoms with E-state index in [1.807, 2.05) is 26.2 Å². The minimum absolute atomic E-state index is 0.0153. The third-order valence-electron chi connectivity index (χ3n) is 5.91. The number of nitrogens with zero attached hydrogens (tertiary/aromatic N) is 5. The largest absolute Gasteiger partial charge is 0.452 e. The Morgan fingerprint density at radius 1 is 1.41 bits per heavy atom. The smallest absolute Gasteiger partial charge is 0.248 e. The van der Waals surface area contributed by atoms with Crippen LogP contribution in [0.2, 0.25) is 0 Å². The molecular formula is C20H19N5O2. The van der Waals surface area contributed by atoms with Crippen LogP contribution in [0.5, 0.6) is 0 Å². The van der Waals surface area contributed by atoms with Crippen molar-refractivity contribution in [1.29, 1.82) is 5.26 Å². The number of aryl methyl sites for hydroxylation is 1. The Labute approximate surface area is 156 Å². The van der Waals surface area contributed by atoms with E-state index >= 15 is 0 Å². The summed E-state index contributed by atoms with van der Waals surface area (Å²) in [6.07, 6.45) is 7.19. The summed E-state index contributed by atoms with van der Waals surface area (Å²) in [7, 11) is 1.85. The average molecular weight is 361 g/mol. The zero-order chi connectivity index (χ0) is 18.8. The fourth-order valence-electron chi connectivity index (χ4n) is 4.34. The molecule has 4 heterocycles. The summed E-state index contributed by atoms with van der Waals surface area (Å²) >= 11 is 0. The van der Waals surface area contributed by atoms with Gasteiger partial charge in [-0.1, -0.05) is 6.92 Å². The second-order valence-corrected chi connectivity index (χ2v) is 7.63. The molecule has 7 heteroatoms. The van der Waals surface area contributed by atoms with Gasteiger partial charge >= 0.3 is 0 Å². The molecule has 1 saturated carbocycles. The summed E-state index contributed by atoms with van der Waals surface area (Å²) in [5.74, 6) is 0.715. The summed E-state index contributed by atoms with van der Waals surface area (Å²) in [4.78, 5) is 19.4. The number of rotatable bonds is 3. The fraction of sp³-hybridized carbons (Fsp3) is 0.400. The number of carbonyl (C=O) groups is 1. The van der Waals surface area contributed by atoms with Crippen molar-refractivity contribution in [2.75, 3.05) is 11.4 Å². The van der Waals surface area contributed by atoms with Crippen molar-refractivity contribution in [3.63, 3.8) is 0 Å². The standard InChI is InChI=1S/C20H19N5O2/c1-12-9-25(19(26)20(12,11-21)14-3-4-14)16-5-6-22-15-7-17(27-18(15)16)13-8-23-24(2)10-13/h5-8,10,12,14H,3-4,9H2,1-2H3/t12-,20+/m1/s1. The number of fused-ring (bicyclic) bond motifs is 1. The first-order valence-corrected chi connectivity index (χ1v) is 9.15. The Kier molecular flexibility index (Phi) is 3.23. The molecule has 1 aliphatic carbocycles. The van der Waals surface area contributed by atoms with Crippen LogP contribution in [0.15, 0.2) is 35.1 Å². The van der Waals surface area contributed by atoms with Crippen LogP contribution in [-0.2, 0) is 11.8 Å². The third-order valence-corrected chi connectivity index (χ3v) is 5.91. The number of anilines is 1. The number of carbonyl (C=O) groups excluding carboxylic acids is 1. The zero-order valence-corrected chi connectivity index (χ0v) is 15.2. The first-order chi connectivity index (χ1) is 13.0. The summed E-state index contributed by atoms with van der Waals surface area (Å²) < 4.78 is 7.79. The fourth-order valence-corrected chi connectivity index (χ4v) is 4.34. The van der Waals surface area contributed by atoms with Crippen LogP contribution in [-0.4, -0.2) is 27.2 Å². The van der Waals surface area contributed by atoms with E-state index in [1.54, 1.807) is 28.0 Å². The van der Waals surface area contributed by atoms with Crippen molar-refractivity contribution in [2.45, 2.75) is 19.8 Å². The topological polar surface area (TPSA) is 87.9 Å². The van der Waals surface area contributed by atoms with Crippen LogP contribution >= 0.6 is 0 Å². The predicted octanol–water partition coefficient (Wildman–Crippen LogP) is 3.13. The lowest BCUT2D eigenvalue weighted by atomic mass is 9.75. The van der Waals surface area contributed by atoms with Crippen LogP contribution in [0.25, 0.3) is 22.4 Å². The monoisotopic (exact) mass is 361 g/mol. The van der Waals surface area contributed by atoms with E-state index in [9.17, 15) is 10.1 Å². The molecule has 2 fully saturated rings. The Morgan fingerprint density at radius 2 is 2.22 bits per heavy atom. The van der Waals surface area contributed by atoms with Crippen LogP contribution in [0.1, 0.15) is 19.8 Å². The van der Waals surface area contributed by atoms with Crippen LogP contribution in [0, 0.1) is 28.6 Å². The SMILES string of the molecule is C[C@@H]1CN(c2ccnc3cc(-c4cnn(C)c4)oc23)C(=O)[C@]1(C#N)C1CC1. The second-order valence-electron chi connectivity index (χ2n) is 7.63. The van der Waals surface area contributed by atoms with Crippen molar-refractivity contribution >= 4 is 22.7 Å². The number of hydrogen-bond donors (Lipinski definition) is 0. The highest BCUT2D eigenvalue weighted by molar-refractivity contribution is 6.07. The molecule has 0 unspecified atom stereocenters. The van der Waals surface area contributed by atoms with Crippen molar-refractivity contribution in [3.8, 4) is 17.4 Å². The number of furan rings is 1. The minimum atomic E-state index is -0.908. The molecular weight excluding hydrogens is 342 g/mol. The molecule has 2 atom stereocenters. The van der Waals surface area contributed by atoms with Gasteiger partial charge in [-0.25, -0.2) is 0 Å². The van der Waals surface area contributed by atoms with Crippen LogP contribution < -0.4 is 4.90 Å². The van der Waals surface area contributed by atoms with Gasteiger partial charge in [-0.2, -0.15) is 10.4 Å². The summed E-state index contributed by atoms with van der Waals surface area (Å²) in [6.45, 7) is 2.52. The van der Waals surface area contributed by atoms with E-state index in [-0.39, 0.29) is 17.7 Å². The number of nitriles is 1. The van der Waals surface area contributed by atoms with Crippen molar-refractivity contribution < 1.29 is 9.21 Å². The number of amides is 1. The van der Waals surface area contributed by atoms with Gasteiger partial charge in [0.05, 0.1) is 23.5 Å². The highest BCUT2D eigenvalue weighted by Crippen LogP contribution is 2.55. The molecule has 0 aromatic carbocycles. The maximum absolute atomic E-state index is 13.3. The Hall–Kier alpha value is -3.14. The zero-order valence-electron chi connectivity index (χ0n) is 15.2. The molecule has 7 nitrogen and oxygen atoms in total. The summed E-state index contributed by atoms with van der Waals surface area (Å²) in [5, 5.41) is 14.0. The number of aromatic nitrogens is 3. The quantitative estimate of drug-likeness (QED) is 0.715. The lowest BCUT2D eigenvalue weighted by molar-refractivity contribution is -0.124. The van der Waals surface area contributed by atoms with Crippen molar-refractivity contribution in [3.05, 3.63) is 30.7 Å². The lowest BCUT2D eigenvalue weighted by Gasteiger charge is -2.22. The number of hydrogen-bond acceptors (Lipinski definition) is 5. The molecule has 3 aromatic heterocycles. The van der Waals surface area contributed by atoms with Gasteiger partial charge in [0.25, 0.3) is 0 Å². The minimum Gasteiger partial charge on any atom is -0.452 e. The van der Waals surface area contributed by atoms with Gasteiger partial charge in [-0.3, -0.25) is 14.5 Å². The Morgan fingerprint density at radius 3 is 2.89 bits per heavy atom. The molecule has 1 amide bonds. The predicted molar refractivity (Wildman–Crippen MR) is 98.5 cm³/mol. The Bertz CT molecular complexity index is 1100. The summed E-state index contributed by atoms with van der Waals surface area (Å²) in [5.41, 5.74) is 1.89.